The van der Waals surface area contributed by atoms with Crippen LogP contribution < -0.4 is 0 Å². The summed E-state index contributed by atoms with van der Waals surface area (Å²) in [4.78, 5) is 9.95. The van der Waals surface area contributed by atoms with Crippen LogP contribution >= 0.6 is 22.6 Å². The highest BCUT2D eigenvalue weighted by atomic mass is 127. The van der Waals surface area contributed by atoms with Crippen molar-refractivity contribution in [2.45, 2.75) is 6.92 Å². The summed E-state index contributed by atoms with van der Waals surface area (Å²) < 4.78 is 1.69. The Kier molecular flexibility index (Phi) is 3.41. The molecule has 0 radical (unpaired) electrons. The fourth-order valence-corrected chi connectivity index (χ4v) is 0.595. The van der Waals surface area contributed by atoms with Gasteiger partial charge in [0.05, 0.1) is 0 Å². The maximum Gasteiger partial charge on any atom is 0.153 e. The molecule has 0 aliphatic rings. The van der Waals surface area contributed by atoms with Crippen molar-refractivity contribution in [2.75, 3.05) is 0 Å². The van der Waals surface area contributed by atoms with Crippen LogP contribution in [0.5, 0.6) is 0 Å². The lowest BCUT2D eigenvalue weighted by molar-refractivity contribution is -0.112. The molecule has 0 rings (SSSR count). The van der Waals surface area contributed by atoms with Crippen molar-refractivity contribution in [3.05, 3.63) is 10.2 Å². The molecule has 0 heterocycles. The molecule has 0 unspecified atom stereocenters. The molecule has 1 nitrogen and oxygen atoms in total. The number of ketones is 1. The molecule has 0 aliphatic heterocycles. The van der Waals surface area contributed by atoms with Crippen molar-refractivity contribution in [1.29, 1.82) is 0 Å². The molecular weight excluding hydrogens is 191 g/mol. The van der Waals surface area contributed by atoms with Gasteiger partial charge in [-0.2, -0.15) is 0 Å². The van der Waals surface area contributed by atoms with Gasteiger partial charge in [-0.1, -0.05) is 22.6 Å². The summed E-state index contributed by atoms with van der Waals surface area (Å²) >= 11 is 2.00. The average Bonchev–Trinajstić information content (AvgIpc) is 1.35. The number of halogens is 1. The normalized spacial score (nSPS) is 9.67. The first kappa shape index (κ1) is 6.14. The van der Waals surface area contributed by atoms with Crippen molar-refractivity contribution in [3.63, 3.8) is 0 Å². The monoisotopic (exact) mass is 196 g/mol. The Morgan fingerprint density at radius 3 is 2.33 bits per heavy atom. The summed E-state index contributed by atoms with van der Waals surface area (Å²) in [6, 6.07) is 0. The number of hydrogen-bond donors (Lipinski definition) is 0. The first-order valence-corrected chi connectivity index (χ1v) is 2.79. The van der Waals surface area contributed by atoms with Gasteiger partial charge in [-0.05, 0) is 17.1 Å². The Hall–Kier alpha value is 0.140. The fraction of sp³-hybridized carbons (Fsp3) is 0.250. The Bertz CT molecular complexity index is 75.6. The zero-order valence-corrected chi connectivity index (χ0v) is 5.60. The van der Waals surface area contributed by atoms with E-state index < -0.39 is 0 Å². The highest BCUT2D eigenvalue weighted by Crippen LogP contribution is 1.82. The van der Waals surface area contributed by atoms with Gasteiger partial charge in [-0.3, -0.25) is 4.79 Å². The Morgan fingerprint density at radius 1 is 1.83 bits per heavy atom. The van der Waals surface area contributed by atoms with Crippen LogP contribution in [0.3, 0.4) is 0 Å². The molecule has 34 valence electrons. The van der Waals surface area contributed by atoms with Crippen molar-refractivity contribution in [3.8, 4) is 0 Å². The van der Waals surface area contributed by atoms with Crippen LogP contribution in [-0.2, 0) is 4.79 Å². The van der Waals surface area contributed by atoms with Gasteiger partial charge in [-0.25, -0.2) is 0 Å². The van der Waals surface area contributed by atoms with Crippen LogP contribution in [0.15, 0.2) is 10.2 Å². The molecule has 0 aromatic heterocycles. The maximum absolute atomic E-state index is 9.95. The molecule has 2 heteroatoms. The minimum atomic E-state index is 0.101. The van der Waals surface area contributed by atoms with Crippen LogP contribution in [0.2, 0.25) is 0 Å². The van der Waals surface area contributed by atoms with Gasteiger partial charge in [0.15, 0.2) is 5.78 Å². The van der Waals surface area contributed by atoms with Gasteiger partial charge >= 0.3 is 0 Å². The molecule has 0 amide bonds. The largest absolute Gasteiger partial charge is 0.295 e. The predicted octanol–water partition coefficient (Wildman–Crippen LogP) is 1.52. The predicted molar refractivity (Wildman–Crippen MR) is 33.8 cm³/mol. The number of hydrogen-bond acceptors (Lipinski definition) is 1. The van der Waals surface area contributed by atoms with E-state index in [2.05, 4.69) is 0 Å². The summed E-state index contributed by atoms with van der Waals surface area (Å²) in [5.74, 6) is 0.101. The van der Waals surface area contributed by atoms with E-state index in [-0.39, 0.29) is 5.78 Å². The summed E-state index contributed by atoms with van der Waals surface area (Å²) in [6.45, 7) is 1.52. The molecule has 0 atom stereocenters. The summed E-state index contributed by atoms with van der Waals surface area (Å²) in [6.07, 6.45) is 1.51. The second-order valence-corrected chi connectivity index (χ2v) is 1.62. The molecule has 0 aromatic rings. The Labute approximate surface area is 50.6 Å². The summed E-state index contributed by atoms with van der Waals surface area (Å²) in [7, 11) is 0. The second kappa shape index (κ2) is 3.33. The number of carbonyl (C=O) groups excluding carboxylic acids is 1. The molecule has 0 bridgehead atoms. The van der Waals surface area contributed by atoms with Gasteiger partial charge < -0.3 is 0 Å². The van der Waals surface area contributed by atoms with Gasteiger partial charge in [0.2, 0.25) is 0 Å². The molecular formula is C4H5IO. The third kappa shape index (κ3) is 4.14. The zero-order chi connectivity index (χ0) is 4.99. The van der Waals surface area contributed by atoms with E-state index in [4.69, 9.17) is 0 Å². The third-order valence-electron chi connectivity index (χ3n) is 0.298. The van der Waals surface area contributed by atoms with E-state index >= 15 is 0 Å². The highest BCUT2D eigenvalue weighted by molar-refractivity contribution is 14.1. The summed E-state index contributed by atoms with van der Waals surface area (Å²) in [5.41, 5.74) is 0. The van der Waals surface area contributed by atoms with E-state index in [9.17, 15) is 4.79 Å². The highest BCUT2D eigenvalue weighted by Gasteiger charge is 1.73. The first-order chi connectivity index (χ1) is 2.77. The molecule has 0 N–H and O–H groups in total. The van der Waals surface area contributed by atoms with Gasteiger partial charge in [0, 0.05) is 0 Å². The molecule has 6 heavy (non-hydrogen) atoms. The SMILES string of the molecule is CC(=O)/C=C/I. The van der Waals surface area contributed by atoms with E-state index in [1.54, 1.807) is 4.08 Å². The molecule has 0 aromatic carbocycles. The maximum atomic E-state index is 9.95. The van der Waals surface area contributed by atoms with E-state index in [1.807, 2.05) is 22.6 Å². The van der Waals surface area contributed by atoms with Crippen LogP contribution in [0.25, 0.3) is 0 Å². The number of carbonyl (C=O) groups is 1. The smallest absolute Gasteiger partial charge is 0.153 e. The zero-order valence-electron chi connectivity index (χ0n) is 3.44. The topological polar surface area (TPSA) is 17.1 Å². The Morgan fingerprint density at radius 2 is 2.33 bits per heavy atom. The van der Waals surface area contributed by atoms with Crippen molar-refractivity contribution in [2.24, 2.45) is 0 Å². The second-order valence-electron chi connectivity index (χ2n) is 0.903. The molecule has 0 aliphatic carbocycles. The lowest BCUT2D eigenvalue weighted by Crippen LogP contribution is -1.75. The number of allylic oxidation sites excluding steroid dienone is 1. The van der Waals surface area contributed by atoms with Crippen molar-refractivity contribution < 1.29 is 4.79 Å². The van der Waals surface area contributed by atoms with Gasteiger partial charge in [0.1, 0.15) is 0 Å². The van der Waals surface area contributed by atoms with Crippen LogP contribution in [-0.4, -0.2) is 5.78 Å². The molecule has 0 spiro atoms. The van der Waals surface area contributed by atoms with E-state index in [1.165, 1.54) is 13.0 Å². The van der Waals surface area contributed by atoms with Gasteiger partial charge in [0.25, 0.3) is 0 Å². The lowest BCUT2D eigenvalue weighted by Gasteiger charge is -1.67. The lowest BCUT2D eigenvalue weighted by atomic mass is 10.5. The Balaban J connectivity index is 3.30. The fourth-order valence-electron chi connectivity index (χ4n) is 0.0887. The molecule has 0 fully saturated rings. The minimum Gasteiger partial charge on any atom is -0.295 e. The molecule has 0 saturated heterocycles. The quantitative estimate of drug-likeness (QED) is 0.459. The standard InChI is InChI=1S/C4H5IO/c1-4(6)2-3-5/h2-3H,1H3/b3-2+. The average molecular weight is 196 g/mol. The van der Waals surface area contributed by atoms with E-state index in [0.29, 0.717) is 0 Å². The third-order valence-corrected chi connectivity index (χ3v) is 0.657. The number of rotatable bonds is 1. The van der Waals surface area contributed by atoms with E-state index in [0.717, 1.165) is 0 Å². The molecule has 0 saturated carbocycles. The van der Waals surface area contributed by atoms with Crippen LogP contribution in [0.4, 0.5) is 0 Å². The van der Waals surface area contributed by atoms with Crippen molar-refractivity contribution >= 4 is 28.4 Å². The van der Waals surface area contributed by atoms with Crippen LogP contribution in [0, 0.1) is 0 Å². The first-order valence-electron chi connectivity index (χ1n) is 1.54. The summed E-state index contributed by atoms with van der Waals surface area (Å²) in [5, 5.41) is 0. The minimum absolute atomic E-state index is 0.101. The van der Waals surface area contributed by atoms with Crippen molar-refractivity contribution in [1.82, 2.24) is 0 Å². The van der Waals surface area contributed by atoms with Gasteiger partial charge in [-0.15, -0.1) is 0 Å². The van der Waals surface area contributed by atoms with Crippen LogP contribution in [0.1, 0.15) is 6.92 Å².